The van der Waals surface area contributed by atoms with Crippen molar-refractivity contribution in [2.45, 2.75) is 52.2 Å². The van der Waals surface area contributed by atoms with Crippen LogP contribution in [0, 0.1) is 5.41 Å². The quantitative estimate of drug-likeness (QED) is 0.808. The maximum absolute atomic E-state index is 5.89. The predicted molar refractivity (Wildman–Crippen MR) is 68.0 cm³/mol. The molecular formula is C12H18ClNOS. The summed E-state index contributed by atoms with van der Waals surface area (Å²) in [4.78, 5) is 5.13. The number of hydrogen-bond acceptors (Lipinski definition) is 3. The molecule has 1 aromatic rings. The summed E-state index contributed by atoms with van der Waals surface area (Å²) >= 11 is 7.28. The van der Waals surface area contributed by atoms with Gasteiger partial charge in [0.2, 0.25) is 0 Å². The summed E-state index contributed by atoms with van der Waals surface area (Å²) in [6, 6.07) is 0. The zero-order valence-electron chi connectivity index (χ0n) is 9.83. The van der Waals surface area contributed by atoms with Crippen LogP contribution in [0.3, 0.4) is 0 Å². The first-order valence-corrected chi connectivity index (χ1v) is 6.96. The van der Waals surface area contributed by atoms with Crippen molar-refractivity contribution < 1.29 is 4.74 Å². The molecule has 1 saturated carbocycles. The van der Waals surface area contributed by atoms with Gasteiger partial charge in [-0.2, -0.15) is 0 Å². The van der Waals surface area contributed by atoms with Crippen LogP contribution in [-0.4, -0.2) is 11.1 Å². The first-order valence-electron chi connectivity index (χ1n) is 5.77. The summed E-state index contributed by atoms with van der Waals surface area (Å²) in [5.41, 5.74) is 0.508. The maximum atomic E-state index is 5.89. The highest BCUT2D eigenvalue weighted by atomic mass is 35.5. The summed E-state index contributed by atoms with van der Waals surface area (Å²) < 4.78 is 6.49. The van der Waals surface area contributed by atoms with Crippen LogP contribution in [0.4, 0.5) is 0 Å². The predicted octanol–water partition coefficient (Wildman–Crippen LogP) is 4.28. The molecule has 0 bridgehead atoms. The van der Waals surface area contributed by atoms with Crippen molar-refractivity contribution in [3.63, 3.8) is 0 Å². The molecule has 0 amide bonds. The van der Waals surface area contributed by atoms with Crippen molar-refractivity contribution in [3.05, 3.63) is 15.5 Å². The number of halogens is 1. The topological polar surface area (TPSA) is 22.1 Å². The Bertz CT molecular complexity index is 341. The van der Waals surface area contributed by atoms with Crippen LogP contribution in [0.2, 0.25) is 4.47 Å². The van der Waals surface area contributed by atoms with Gasteiger partial charge in [0.05, 0.1) is 17.6 Å². The van der Waals surface area contributed by atoms with Gasteiger partial charge in [-0.25, -0.2) is 4.98 Å². The van der Waals surface area contributed by atoms with Gasteiger partial charge in [-0.3, -0.25) is 0 Å². The molecule has 1 aromatic heterocycles. The van der Waals surface area contributed by atoms with Crippen molar-refractivity contribution in [2.24, 2.45) is 5.41 Å². The lowest BCUT2D eigenvalue weighted by molar-refractivity contribution is -0.00454. The Morgan fingerprint density at radius 2 is 2.19 bits per heavy atom. The number of rotatable bonds is 3. The fourth-order valence-corrected chi connectivity index (χ4v) is 2.99. The van der Waals surface area contributed by atoms with E-state index in [4.69, 9.17) is 16.3 Å². The second-order valence-corrected chi connectivity index (χ2v) is 6.95. The van der Waals surface area contributed by atoms with Crippen molar-refractivity contribution in [3.8, 4) is 0 Å². The average molecular weight is 260 g/mol. The molecule has 0 unspecified atom stereocenters. The van der Waals surface area contributed by atoms with Crippen LogP contribution in [-0.2, 0) is 11.3 Å². The number of thiazole rings is 1. The Balaban J connectivity index is 1.75. The molecule has 0 N–H and O–H groups in total. The first-order chi connectivity index (χ1) is 7.55. The lowest BCUT2D eigenvalue weighted by Crippen LogP contribution is -2.26. The fourth-order valence-electron chi connectivity index (χ4n) is 2.09. The molecule has 1 heterocycles. The molecule has 0 aromatic carbocycles. The van der Waals surface area contributed by atoms with Crippen molar-refractivity contribution in [2.75, 3.05) is 0 Å². The summed E-state index contributed by atoms with van der Waals surface area (Å²) in [6.45, 7) is 5.34. The third-order valence-electron chi connectivity index (χ3n) is 3.27. The molecule has 2 nitrogen and oxygen atoms in total. The van der Waals surface area contributed by atoms with Crippen molar-refractivity contribution >= 4 is 22.9 Å². The van der Waals surface area contributed by atoms with Gasteiger partial charge in [0.25, 0.3) is 0 Å². The second kappa shape index (κ2) is 5.03. The summed E-state index contributed by atoms with van der Waals surface area (Å²) in [5, 5.41) is 0. The molecular weight excluding hydrogens is 242 g/mol. The highest BCUT2D eigenvalue weighted by Crippen LogP contribution is 2.36. The minimum atomic E-state index is 0.425. The first kappa shape index (κ1) is 12.3. The molecule has 1 aliphatic rings. The van der Waals surface area contributed by atoms with Gasteiger partial charge < -0.3 is 4.74 Å². The minimum absolute atomic E-state index is 0.425. The second-order valence-electron chi connectivity index (χ2n) is 5.25. The SMILES string of the molecule is CC1(C)CCC(OCc2cnc(Cl)s2)CC1. The molecule has 2 rings (SSSR count). The molecule has 0 saturated heterocycles. The third kappa shape index (κ3) is 3.44. The molecule has 1 fully saturated rings. The smallest absolute Gasteiger partial charge is 0.183 e. The Morgan fingerprint density at radius 3 is 2.75 bits per heavy atom. The highest BCUT2D eigenvalue weighted by molar-refractivity contribution is 7.15. The van der Waals surface area contributed by atoms with Gasteiger partial charge >= 0.3 is 0 Å². The molecule has 90 valence electrons. The standard InChI is InChI=1S/C12H18ClNOS/c1-12(2)5-3-9(4-6-12)15-8-10-7-14-11(13)16-10/h7,9H,3-6,8H2,1-2H3. The van der Waals surface area contributed by atoms with Gasteiger partial charge in [0, 0.05) is 6.20 Å². The molecule has 0 spiro atoms. The van der Waals surface area contributed by atoms with E-state index in [0.29, 0.717) is 22.6 Å². The number of hydrogen-bond donors (Lipinski definition) is 0. The van der Waals surface area contributed by atoms with Gasteiger partial charge in [-0.15, -0.1) is 11.3 Å². The molecule has 0 atom stereocenters. The van der Waals surface area contributed by atoms with E-state index in [0.717, 1.165) is 4.88 Å². The Hall–Kier alpha value is -0.120. The number of nitrogens with zero attached hydrogens (tertiary/aromatic N) is 1. The molecule has 0 aliphatic heterocycles. The van der Waals surface area contributed by atoms with Crippen LogP contribution < -0.4 is 0 Å². The lowest BCUT2D eigenvalue weighted by Gasteiger charge is -2.34. The van der Waals surface area contributed by atoms with Crippen molar-refractivity contribution in [1.29, 1.82) is 0 Å². The minimum Gasteiger partial charge on any atom is -0.373 e. The maximum Gasteiger partial charge on any atom is 0.183 e. The number of aromatic nitrogens is 1. The van der Waals surface area contributed by atoms with Crippen LogP contribution in [0.1, 0.15) is 44.4 Å². The third-order valence-corrected chi connectivity index (χ3v) is 4.36. The van der Waals surface area contributed by atoms with Gasteiger partial charge in [0.1, 0.15) is 0 Å². The fraction of sp³-hybridized carbons (Fsp3) is 0.750. The van der Waals surface area contributed by atoms with E-state index < -0.39 is 0 Å². The van der Waals surface area contributed by atoms with Crippen molar-refractivity contribution in [1.82, 2.24) is 4.98 Å². The Kier molecular flexibility index (Phi) is 3.88. The zero-order valence-corrected chi connectivity index (χ0v) is 11.4. The van der Waals surface area contributed by atoms with Crippen LogP contribution >= 0.6 is 22.9 Å². The monoisotopic (exact) mass is 259 g/mol. The zero-order chi connectivity index (χ0) is 11.6. The molecule has 16 heavy (non-hydrogen) atoms. The van der Waals surface area contributed by atoms with Crippen LogP contribution in [0.15, 0.2) is 6.20 Å². The largest absolute Gasteiger partial charge is 0.373 e. The van der Waals surface area contributed by atoms with E-state index in [-0.39, 0.29) is 0 Å². The molecule has 4 heteroatoms. The van der Waals surface area contributed by atoms with E-state index >= 15 is 0 Å². The highest BCUT2D eigenvalue weighted by Gasteiger charge is 2.27. The van der Waals surface area contributed by atoms with E-state index in [1.807, 2.05) is 0 Å². The summed E-state index contributed by atoms with van der Waals surface area (Å²) in [5.74, 6) is 0. The summed E-state index contributed by atoms with van der Waals surface area (Å²) in [6.07, 6.45) is 7.12. The number of ether oxygens (including phenoxy) is 1. The van der Waals surface area contributed by atoms with Gasteiger partial charge in [0.15, 0.2) is 4.47 Å². The van der Waals surface area contributed by atoms with Crippen LogP contribution in [0.25, 0.3) is 0 Å². The van der Waals surface area contributed by atoms with Gasteiger partial charge in [-0.1, -0.05) is 25.4 Å². The van der Waals surface area contributed by atoms with E-state index in [2.05, 4.69) is 18.8 Å². The summed E-state index contributed by atoms with van der Waals surface area (Å²) in [7, 11) is 0. The van der Waals surface area contributed by atoms with Gasteiger partial charge in [-0.05, 0) is 31.1 Å². The van der Waals surface area contributed by atoms with E-state index in [1.54, 1.807) is 6.20 Å². The van der Waals surface area contributed by atoms with Crippen LogP contribution in [0.5, 0.6) is 0 Å². The Morgan fingerprint density at radius 1 is 1.50 bits per heavy atom. The normalized spacial score (nSPS) is 21.2. The molecule has 0 radical (unpaired) electrons. The Labute approximate surface area is 106 Å². The average Bonchev–Trinajstić information content (AvgIpc) is 2.63. The van der Waals surface area contributed by atoms with E-state index in [1.165, 1.54) is 37.0 Å². The molecule has 1 aliphatic carbocycles. The lowest BCUT2D eigenvalue weighted by atomic mass is 9.76. The van der Waals surface area contributed by atoms with E-state index in [9.17, 15) is 0 Å².